The molecule has 0 fully saturated rings. The van der Waals surface area contributed by atoms with Gasteiger partial charge in [-0.15, -0.1) is 0 Å². The Hall–Kier alpha value is -1.26. The van der Waals surface area contributed by atoms with Crippen LogP contribution >= 0.6 is 0 Å². The fourth-order valence-corrected chi connectivity index (χ4v) is 1.43. The average Bonchev–Trinajstić information content (AvgIpc) is 2.26. The van der Waals surface area contributed by atoms with Gasteiger partial charge in [0.15, 0.2) is 12.1 Å². The van der Waals surface area contributed by atoms with Gasteiger partial charge in [0.2, 0.25) is 0 Å². The number of Topliss-reactive ketones (excluding diaryl/α,β-unsaturated/α-hetero) is 1. The molecule has 2 N–H and O–H groups in total. The van der Waals surface area contributed by atoms with Crippen LogP contribution in [-0.2, 0) is 0 Å². The Morgan fingerprint density at radius 1 is 1.25 bits per heavy atom. The van der Waals surface area contributed by atoms with Crippen molar-refractivity contribution in [2.45, 2.75) is 26.1 Å². The number of carbonyl (C=O) groups is 1. The Bertz CT molecular complexity index is 346. The van der Waals surface area contributed by atoms with Gasteiger partial charge in [-0.1, -0.05) is 6.92 Å². The maximum absolute atomic E-state index is 12.6. The highest BCUT2D eigenvalue weighted by atomic mass is 19.1. The van der Waals surface area contributed by atoms with Crippen LogP contribution in [0.25, 0.3) is 0 Å². The Morgan fingerprint density at radius 3 is 2.31 bits per heavy atom. The van der Waals surface area contributed by atoms with E-state index in [1.165, 1.54) is 24.3 Å². The van der Waals surface area contributed by atoms with E-state index in [1.807, 2.05) is 0 Å². The van der Waals surface area contributed by atoms with E-state index in [0.29, 0.717) is 12.0 Å². The van der Waals surface area contributed by atoms with Crippen LogP contribution in [0.3, 0.4) is 0 Å². The number of halogens is 1. The zero-order valence-corrected chi connectivity index (χ0v) is 9.06. The molecule has 0 aliphatic rings. The smallest absolute Gasteiger partial charge is 0.165 e. The second-order valence-corrected chi connectivity index (χ2v) is 3.83. The third-order valence-electron chi connectivity index (χ3n) is 2.43. The number of carbonyl (C=O) groups excluding carboxylic acids is 1. The Kier molecular flexibility index (Phi) is 4.58. The van der Waals surface area contributed by atoms with Crippen molar-refractivity contribution in [2.24, 2.45) is 5.92 Å². The quantitative estimate of drug-likeness (QED) is 0.594. The number of rotatable bonds is 5. The van der Waals surface area contributed by atoms with Gasteiger partial charge < -0.3 is 10.2 Å². The van der Waals surface area contributed by atoms with E-state index in [1.54, 1.807) is 6.92 Å². The van der Waals surface area contributed by atoms with Crippen LogP contribution in [0.2, 0.25) is 0 Å². The summed E-state index contributed by atoms with van der Waals surface area (Å²) in [4.78, 5) is 11.8. The van der Waals surface area contributed by atoms with Gasteiger partial charge in [0.25, 0.3) is 0 Å². The summed E-state index contributed by atoms with van der Waals surface area (Å²) in [5.74, 6) is -0.789. The summed E-state index contributed by atoms with van der Waals surface area (Å²) < 4.78 is 12.6. The number of aliphatic hydroxyl groups is 2. The second kappa shape index (κ2) is 5.72. The molecule has 1 rings (SSSR count). The van der Waals surface area contributed by atoms with Crippen molar-refractivity contribution in [3.63, 3.8) is 0 Å². The Balaban J connectivity index is 2.60. The first-order valence-corrected chi connectivity index (χ1v) is 5.16. The molecule has 4 heteroatoms. The number of hydrogen-bond acceptors (Lipinski definition) is 3. The maximum Gasteiger partial charge on any atom is 0.165 e. The zero-order chi connectivity index (χ0) is 12.1. The molecular formula is C12H15FO3. The Morgan fingerprint density at radius 2 is 1.81 bits per heavy atom. The summed E-state index contributed by atoms with van der Waals surface area (Å²) in [6.45, 7) is 1.72. The van der Waals surface area contributed by atoms with Crippen LogP contribution in [0.15, 0.2) is 24.3 Å². The molecule has 1 aromatic rings. The molecule has 1 unspecified atom stereocenters. The molecule has 0 aliphatic carbocycles. The lowest BCUT2D eigenvalue weighted by Gasteiger charge is -2.11. The summed E-state index contributed by atoms with van der Waals surface area (Å²) in [6, 6.07) is 5.34. The van der Waals surface area contributed by atoms with E-state index in [-0.39, 0.29) is 23.9 Å². The molecular weight excluding hydrogens is 211 g/mol. The van der Waals surface area contributed by atoms with E-state index < -0.39 is 6.29 Å². The standard InChI is InChI=1S/C12H15FO3/c1-8(2-7-11(14)15)12(16)9-3-5-10(13)6-4-9/h3-6,8,11,14-15H,2,7H2,1H3. The third-order valence-corrected chi connectivity index (χ3v) is 2.43. The van der Waals surface area contributed by atoms with Gasteiger partial charge in [-0.2, -0.15) is 0 Å². The SMILES string of the molecule is CC(CCC(O)O)C(=O)c1ccc(F)cc1. The molecule has 0 heterocycles. The molecule has 88 valence electrons. The van der Waals surface area contributed by atoms with Gasteiger partial charge in [0, 0.05) is 11.5 Å². The number of aliphatic hydroxyl groups excluding tert-OH is 1. The van der Waals surface area contributed by atoms with E-state index >= 15 is 0 Å². The molecule has 0 saturated heterocycles. The van der Waals surface area contributed by atoms with E-state index in [4.69, 9.17) is 10.2 Å². The minimum Gasteiger partial charge on any atom is -0.368 e. The summed E-state index contributed by atoms with van der Waals surface area (Å²) in [5.41, 5.74) is 0.446. The zero-order valence-electron chi connectivity index (χ0n) is 9.06. The average molecular weight is 226 g/mol. The second-order valence-electron chi connectivity index (χ2n) is 3.83. The van der Waals surface area contributed by atoms with Crippen molar-refractivity contribution in [2.75, 3.05) is 0 Å². The lowest BCUT2D eigenvalue weighted by molar-refractivity contribution is -0.0478. The van der Waals surface area contributed by atoms with Crippen LogP contribution in [-0.4, -0.2) is 22.3 Å². The maximum atomic E-state index is 12.6. The highest BCUT2D eigenvalue weighted by Crippen LogP contribution is 2.15. The molecule has 0 bridgehead atoms. The van der Waals surface area contributed by atoms with Gasteiger partial charge in [0.05, 0.1) is 0 Å². The lowest BCUT2D eigenvalue weighted by atomic mass is 9.95. The highest BCUT2D eigenvalue weighted by Gasteiger charge is 2.15. The van der Waals surface area contributed by atoms with Gasteiger partial charge in [-0.05, 0) is 37.1 Å². The van der Waals surface area contributed by atoms with Crippen molar-refractivity contribution in [3.05, 3.63) is 35.6 Å². The van der Waals surface area contributed by atoms with E-state index in [9.17, 15) is 9.18 Å². The molecule has 16 heavy (non-hydrogen) atoms. The topological polar surface area (TPSA) is 57.5 Å². The normalized spacial score (nSPS) is 12.8. The fourth-order valence-electron chi connectivity index (χ4n) is 1.43. The largest absolute Gasteiger partial charge is 0.368 e. The minimum absolute atomic E-state index is 0.111. The van der Waals surface area contributed by atoms with Crippen molar-refractivity contribution in [3.8, 4) is 0 Å². The fraction of sp³-hybridized carbons (Fsp3) is 0.417. The minimum atomic E-state index is -1.39. The van der Waals surface area contributed by atoms with Crippen molar-refractivity contribution in [1.29, 1.82) is 0 Å². The molecule has 0 aromatic heterocycles. The van der Waals surface area contributed by atoms with E-state index in [2.05, 4.69) is 0 Å². The molecule has 1 atom stereocenters. The van der Waals surface area contributed by atoms with Gasteiger partial charge in [-0.3, -0.25) is 4.79 Å². The van der Waals surface area contributed by atoms with Crippen LogP contribution in [0.5, 0.6) is 0 Å². The number of ketones is 1. The predicted octanol–water partition coefficient (Wildman–Crippen LogP) is 1.74. The molecule has 0 saturated carbocycles. The van der Waals surface area contributed by atoms with Crippen molar-refractivity contribution >= 4 is 5.78 Å². The predicted molar refractivity (Wildman–Crippen MR) is 57.4 cm³/mol. The molecule has 0 spiro atoms. The molecule has 1 aromatic carbocycles. The Labute approximate surface area is 93.5 Å². The van der Waals surface area contributed by atoms with Gasteiger partial charge in [-0.25, -0.2) is 4.39 Å². The van der Waals surface area contributed by atoms with Crippen molar-refractivity contribution < 1.29 is 19.4 Å². The highest BCUT2D eigenvalue weighted by molar-refractivity contribution is 5.97. The molecule has 3 nitrogen and oxygen atoms in total. The van der Waals surface area contributed by atoms with Crippen LogP contribution in [0.1, 0.15) is 30.1 Å². The van der Waals surface area contributed by atoms with Crippen LogP contribution in [0.4, 0.5) is 4.39 Å². The summed E-state index contributed by atoms with van der Waals surface area (Å²) in [7, 11) is 0. The summed E-state index contributed by atoms with van der Waals surface area (Å²) >= 11 is 0. The molecule has 0 amide bonds. The van der Waals surface area contributed by atoms with Crippen LogP contribution in [0, 0.1) is 11.7 Å². The lowest BCUT2D eigenvalue weighted by Crippen LogP contribution is -2.14. The first-order valence-electron chi connectivity index (χ1n) is 5.16. The van der Waals surface area contributed by atoms with E-state index in [0.717, 1.165) is 0 Å². The first kappa shape index (κ1) is 12.8. The van der Waals surface area contributed by atoms with Gasteiger partial charge >= 0.3 is 0 Å². The van der Waals surface area contributed by atoms with Crippen molar-refractivity contribution in [1.82, 2.24) is 0 Å². The molecule has 0 radical (unpaired) electrons. The first-order chi connectivity index (χ1) is 7.50. The monoisotopic (exact) mass is 226 g/mol. The summed E-state index contributed by atoms with van der Waals surface area (Å²) in [6.07, 6.45) is -0.828. The van der Waals surface area contributed by atoms with Crippen LogP contribution < -0.4 is 0 Å². The molecule has 0 aliphatic heterocycles. The number of benzene rings is 1. The summed E-state index contributed by atoms with van der Waals surface area (Å²) in [5, 5.41) is 17.4. The van der Waals surface area contributed by atoms with Gasteiger partial charge in [0.1, 0.15) is 5.82 Å². The number of hydrogen-bond donors (Lipinski definition) is 2. The third kappa shape index (κ3) is 3.72.